The van der Waals surface area contributed by atoms with Crippen LogP contribution in [0, 0.1) is 0 Å². The van der Waals surface area contributed by atoms with E-state index < -0.39 is 0 Å². The molecule has 27 heavy (non-hydrogen) atoms. The van der Waals surface area contributed by atoms with E-state index in [0.717, 1.165) is 24.2 Å². The van der Waals surface area contributed by atoms with Crippen LogP contribution in [0.25, 0.3) is 0 Å². The van der Waals surface area contributed by atoms with Crippen LogP contribution in [0.5, 0.6) is 5.75 Å². The van der Waals surface area contributed by atoms with Crippen molar-refractivity contribution in [3.05, 3.63) is 63.7 Å². The molecule has 2 aromatic rings. The molecule has 2 aromatic carbocycles. The van der Waals surface area contributed by atoms with Gasteiger partial charge in [-0.25, -0.2) is 0 Å². The SMILES string of the molecule is CC(C)(C)c1cc(C(=O)c2ccc(Cl)cc2)cc(CN2CCOCC2)c1O. The highest BCUT2D eigenvalue weighted by Gasteiger charge is 2.24. The van der Waals surface area contributed by atoms with Gasteiger partial charge in [0.15, 0.2) is 5.78 Å². The number of nitrogens with zero attached hydrogens (tertiary/aromatic N) is 1. The number of hydrogen-bond donors (Lipinski definition) is 1. The molecule has 4 nitrogen and oxygen atoms in total. The molecule has 0 atom stereocenters. The van der Waals surface area contributed by atoms with Crippen LogP contribution in [-0.2, 0) is 16.7 Å². The molecule has 1 aliphatic heterocycles. The Bertz CT molecular complexity index is 819. The highest BCUT2D eigenvalue weighted by atomic mass is 35.5. The predicted octanol–water partition coefficient (Wildman–Crippen LogP) is 4.41. The van der Waals surface area contributed by atoms with E-state index in [1.54, 1.807) is 24.3 Å². The zero-order chi connectivity index (χ0) is 19.6. The van der Waals surface area contributed by atoms with Crippen LogP contribution < -0.4 is 0 Å². The van der Waals surface area contributed by atoms with Crippen LogP contribution in [-0.4, -0.2) is 42.1 Å². The fraction of sp³-hybridized carbons (Fsp3) is 0.409. The first-order chi connectivity index (χ1) is 12.8. The van der Waals surface area contributed by atoms with Gasteiger partial charge in [-0.05, 0) is 41.8 Å². The standard InChI is InChI=1S/C22H26ClNO3/c1-22(2,3)19-13-16(20(25)15-4-6-18(23)7-5-15)12-17(21(19)26)14-24-8-10-27-11-9-24/h4-7,12-13,26H,8-11,14H2,1-3H3. The number of morpholine rings is 1. The molecule has 144 valence electrons. The number of rotatable bonds is 4. The topological polar surface area (TPSA) is 49.8 Å². The number of phenolic OH excluding ortho intramolecular Hbond substituents is 1. The lowest BCUT2D eigenvalue weighted by Gasteiger charge is -2.29. The van der Waals surface area contributed by atoms with Gasteiger partial charge in [0.25, 0.3) is 0 Å². The molecule has 0 unspecified atom stereocenters. The van der Waals surface area contributed by atoms with Crippen molar-refractivity contribution in [2.75, 3.05) is 26.3 Å². The fourth-order valence-corrected chi connectivity index (χ4v) is 3.41. The zero-order valence-corrected chi connectivity index (χ0v) is 16.8. The number of hydrogen-bond acceptors (Lipinski definition) is 4. The molecule has 0 aromatic heterocycles. The van der Waals surface area contributed by atoms with Crippen molar-refractivity contribution >= 4 is 17.4 Å². The zero-order valence-electron chi connectivity index (χ0n) is 16.1. The Balaban J connectivity index is 2.01. The van der Waals surface area contributed by atoms with E-state index in [4.69, 9.17) is 16.3 Å². The summed E-state index contributed by atoms with van der Waals surface area (Å²) in [7, 11) is 0. The number of halogens is 1. The molecule has 1 saturated heterocycles. The summed E-state index contributed by atoms with van der Waals surface area (Å²) < 4.78 is 5.41. The third kappa shape index (κ3) is 4.70. The predicted molar refractivity (Wildman–Crippen MR) is 108 cm³/mol. The van der Waals surface area contributed by atoms with E-state index >= 15 is 0 Å². The Morgan fingerprint density at radius 1 is 1.11 bits per heavy atom. The third-order valence-electron chi connectivity index (χ3n) is 4.86. The molecule has 0 amide bonds. The minimum absolute atomic E-state index is 0.0691. The number of aromatic hydroxyl groups is 1. The Morgan fingerprint density at radius 2 is 1.74 bits per heavy atom. The largest absolute Gasteiger partial charge is 0.507 e. The molecule has 0 spiro atoms. The highest BCUT2D eigenvalue weighted by molar-refractivity contribution is 6.30. The van der Waals surface area contributed by atoms with E-state index in [2.05, 4.69) is 4.90 Å². The van der Waals surface area contributed by atoms with Crippen molar-refractivity contribution in [3.63, 3.8) is 0 Å². The van der Waals surface area contributed by atoms with Crippen LogP contribution >= 0.6 is 11.6 Å². The average Bonchev–Trinajstić information content (AvgIpc) is 2.63. The first-order valence-corrected chi connectivity index (χ1v) is 9.60. The Labute approximate surface area is 165 Å². The summed E-state index contributed by atoms with van der Waals surface area (Å²) >= 11 is 5.94. The lowest BCUT2D eigenvalue weighted by Crippen LogP contribution is -2.35. The maximum absolute atomic E-state index is 13.0. The van der Waals surface area contributed by atoms with E-state index in [1.165, 1.54) is 0 Å². The Hall–Kier alpha value is -1.88. The number of ketones is 1. The van der Waals surface area contributed by atoms with E-state index in [9.17, 15) is 9.90 Å². The number of phenols is 1. The fourth-order valence-electron chi connectivity index (χ4n) is 3.29. The van der Waals surface area contributed by atoms with Gasteiger partial charge in [0.2, 0.25) is 0 Å². The van der Waals surface area contributed by atoms with Crippen molar-refractivity contribution in [2.24, 2.45) is 0 Å². The highest BCUT2D eigenvalue weighted by Crippen LogP contribution is 2.35. The Kier molecular flexibility index (Phi) is 5.89. The van der Waals surface area contributed by atoms with Crippen molar-refractivity contribution in [1.82, 2.24) is 4.90 Å². The molecule has 0 aliphatic carbocycles. The first-order valence-electron chi connectivity index (χ1n) is 9.22. The molecular formula is C22H26ClNO3. The normalized spacial score (nSPS) is 15.7. The molecular weight excluding hydrogens is 362 g/mol. The van der Waals surface area contributed by atoms with Gasteiger partial charge in [0.1, 0.15) is 5.75 Å². The monoisotopic (exact) mass is 387 g/mol. The van der Waals surface area contributed by atoms with Crippen molar-refractivity contribution in [2.45, 2.75) is 32.7 Å². The summed E-state index contributed by atoms with van der Waals surface area (Å²) in [4.78, 5) is 15.3. The third-order valence-corrected chi connectivity index (χ3v) is 5.12. The maximum atomic E-state index is 13.0. The van der Waals surface area contributed by atoms with Crippen molar-refractivity contribution in [1.29, 1.82) is 0 Å². The average molecular weight is 388 g/mol. The summed E-state index contributed by atoms with van der Waals surface area (Å²) in [5.41, 5.74) is 2.46. The molecule has 1 N–H and O–H groups in total. The second-order valence-corrected chi connectivity index (χ2v) is 8.44. The smallest absolute Gasteiger partial charge is 0.193 e. The second-order valence-electron chi connectivity index (χ2n) is 8.01. The minimum atomic E-state index is -0.278. The number of carbonyl (C=O) groups is 1. The molecule has 1 fully saturated rings. The van der Waals surface area contributed by atoms with Gasteiger partial charge < -0.3 is 9.84 Å². The van der Waals surface area contributed by atoms with Crippen molar-refractivity contribution in [3.8, 4) is 5.75 Å². The van der Waals surface area contributed by atoms with Crippen LogP contribution in [0.1, 0.15) is 47.8 Å². The minimum Gasteiger partial charge on any atom is -0.507 e. The summed E-state index contributed by atoms with van der Waals surface area (Å²) in [5, 5.41) is 11.5. The second kappa shape index (κ2) is 8.01. The maximum Gasteiger partial charge on any atom is 0.193 e. The van der Waals surface area contributed by atoms with Crippen LogP contribution in [0.3, 0.4) is 0 Å². The van der Waals surface area contributed by atoms with Gasteiger partial charge in [-0.3, -0.25) is 9.69 Å². The van der Waals surface area contributed by atoms with Gasteiger partial charge >= 0.3 is 0 Å². The summed E-state index contributed by atoms with van der Waals surface area (Å²) in [6.45, 7) is 9.73. The van der Waals surface area contributed by atoms with Crippen LogP contribution in [0.4, 0.5) is 0 Å². The van der Waals surface area contributed by atoms with Crippen molar-refractivity contribution < 1.29 is 14.6 Å². The van der Waals surface area contributed by atoms with Gasteiger partial charge in [0.05, 0.1) is 13.2 Å². The summed E-state index contributed by atoms with van der Waals surface area (Å²) in [6.07, 6.45) is 0. The van der Waals surface area contributed by atoms with E-state index in [-0.39, 0.29) is 16.9 Å². The molecule has 0 radical (unpaired) electrons. The quantitative estimate of drug-likeness (QED) is 0.789. The molecule has 1 aliphatic rings. The van der Waals surface area contributed by atoms with E-state index in [0.29, 0.717) is 35.9 Å². The number of ether oxygens (including phenoxy) is 1. The summed E-state index contributed by atoms with van der Waals surface area (Å²) in [5.74, 6) is 0.210. The lowest BCUT2D eigenvalue weighted by molar-refractivity contribution is 0.0338. The van der Waals surface area contributed by atoms with Gasteiger partial charge in [-0.15, -0.1) is 0 Å². The first kappa shape index (κ1) is 19.9. The lowest BCUT2D eigenvalue weighted by atomic mass is 9.83. The summed E-state index contributed by atoms with van der Waals surface area (Å²) in [6, 6.07) is 10.5. The van der Waals surface area contributed by atoms with Gasteiger partial charge in [0, 0.05) is 46.9 Å². The molecule has 0 saturated carbocycles. The molecule has 5 heteroatoms. The molecule has 3 rings (SSSR count). The molecule has 0 bridgehead atoms. The van der Waals surface area contributed by atoms with Gasteiger partial charge in [-0.2, -0.15) is 0 Å². The van der Waals surface area contributed by atoms with Gasteiger partial charge in [-0.1, -0.05) is 32.4 Å². The molecule has 1 heterocycles. The number of carbonyl (C=O) groups excluding carboxylic acids is 1. The van der Waals surface area contributed by atoms with E-state index in [1.807, 2.05) is 32.9 Å². The Morgan fingerprint density at radius 3 is 2.33 bits per heavy atom. The van der Waals surface area contributed by atoms with Crippen LogP contribution in [0.15, 0.2) is 36.4 Å². The van der Waals surface area contributed by atoms with Crippen LogP contribution in [0.2, 0.25) is 5.02 Å². The number of benzene rings is 2.